The molecule has 2 rings (SSSR count). The molecule has 0 saturated carbocycles. The Morgan fingerprint density at radius 2 is 2.00 bits per heavy atom. The molecule has 2 aromatic rings. The van der Waals surface area contributed by atoms with Crippen LogP contribution in [0.2, 0.25) is 0 Å². The first-order valence-electron chi connectivity index (χ1n) is 5.73. The molecule has 1 aromatic carbocycles. The molecule has 0 bridgehead atoms. The van der Waals surface area contributed by atoms with E-state index in [2.05, 4.69) is 4.98 Å². The smallest absolute Gasteiger partial charge is 0.124 e. The van der Waals surface area contributed by atoms with Crippen LogP contribution in [0.5, 0.6) is 5.75 Å². The summed E-state index contributed by atoms with van der Waals surface area (Å²) in [5, 5.41) is 0. The Labute approximate surface area is 105 Å². The van der Waals surface area contributed by atoms with Crippen LogP contribution in [-0.2, 0) is 6.61 Å². The molecular formula is C14H15FN2O. The van der Waals surface area contributed by atoms with E-state index in [4.69, 9.17) is 10.5 Å². The van der Waals surface area contributed by atoms with Crippen molar-refractivity contribution in [2.24, 2.45) is 5.73 Å². The van der Waals surface area contributed by atoms with Gasteiger partial charge in [0.25, 0.3) is 0 Å². The zero-order valence-corrected chi connectivity index (χ0v) is 10.1. The second kappa shape index (κ2) is 5.60. The second-order valence-corrected chi connectivity index (χ2v) is 4.11. The quantitative estimate of drug-likeness (QED) is 0.902. The Hall–Kier alpha value is -1.94. The van der Waals surface area contributed by atoms with Crippen molar-refractivity contribution in [2.45, 2.75) is 19.6 Å². The Morgan fingerprint density at radius 1 is 1.28 bits per heavy atom. The van der Waals surface area contributed by atoms with Gasteiger partial charge in [-0.25, -0.2) is 4.39 Å². The van der Waals surface area contributed by atoms with E-state index in [1.807, 2.05) is 12.1 Å². The van der Waals surface area contributed by atoms with Crippen LogP contribution in [0.15, 0.2) is 42.7 Å². The molecule has 94 valence electrons. The van der Waals surface area contributed by atoms with Crippen LogP contribution in [-0.4, -0.2) is 4.98 Å². The first-order valence-corrected chi connectivity index (χ1v) is 5.73. The maximum absolute atomic E-state index is 13.2. The summed E-state index contributed by atoms with van der Waals surface area (Å²) in [6.07, 6.45) is 3.41. The van der Waals surface area contributed by atoms with E-state index >= 15 is 0 Å². The number of nitrogens with zero attached hydrogens (tertiary/aromatic N) is 1. The molecule has 2 N–H and O–H groups in total. The van der Waals surface area contributed by atoms with Crippen LogP contribution < -0.4 is 10.5 Å². The van der Waals surface area contributed by atoms with Gasteiger partial charge in [0.15, 0.2) is 0 Å². The number of nitrogens with two attached hydrogens (primary N) is 1. The van der Waals surface area contributed by atoms with E-state index in [9.17, 15) is 4.39 Å². The number of ether oxygens (including phenoxy) is 1. The van der Waals surface area contributed by atoms with Crippen LogP contribution in [0, 0.1) is 5.82 Å². The summed E-state index contributed by atoms with van der Waals surface area (Å²) < 4.78 is 18.8. The summed E-state index contributed by atoms with van der Waals surface area (Å²) in [6, 6.07) is 7.85. The highest BCUT2D eigenvalue weighted by molar-refractivity contribution is 5.36. The number of halogens is 1. The molecule has 4 heteroatoms. The van der Waals surface area contributed by atoms with Crippen LogP contribution in [0.4, 0.5) is 4.39 Å². The van der Waals surface area contributed by atoms with E-state index in [-0.39, 0.29) is 11.9 Å². The third-order valence-corrected chi connectivity index (χ3v) is 2.61. The molecule has 0 aliphatic carbocycles. The number of hydrogen-bond acceptors (Lipinski definition) is 3. The van der Waals surface area contributed by atoms with E-state index in [1.54, 1.807) is 25.4 Å². The summed E-state index contributed by atoms with van der Waals surface area (Å²) >= 11 is 0. The van der Waals surface area contributed by atoms with Crippen molar-refractivity contribution in [3.63, 3.8) is 0 Å². The lowest BCUT2D eigenvalue weighted by atomic mass is 10.1. The highest BCUT2D eigenvalue weighted by Gasteiger charge is 2.09. The van der Waals surface area contributed by atoms with Gasteiger partial charge in [0.05, 0.1) is 0 Å². The fraction of sp³-hybridized carbons (Fsp3) is 0.214. The number of pyridine rings is 1. The first kappa shape index (κ1) is 12.5. The maximum atomic E-state index is 13.2. The maximum Gasteiger partial charge on any atom is 0.124 e. The number of benzene rings is 1. The van der Waals surface area contributed by atoms with Gasteiger partial charge in [-0.15, -0.1) is 0 Å². The largest absolute Gasteiger partial charge is 0.489 e. The van der Waals surface area contributed by atoms with E-state index < -0.39 is 0 Å². The highest BCUT2D eigenvalue weighted by atomic mass is 19.1. The Kier molecular flexibility index (Phi) is 3.89. The molecule has 1 atom stereocenters. The number of hydrogen-bond donors (Lipinski definition) is 1. The van der Waals surface area contributed by atoms with Gasteiger partial charge in [-0.3, -0.25) is 4.98 Å². The van der Waals surface area contributed by atoms with Gasteiger partial charge in [0.2, 0.25) is 0 Å². The summed E-state index contributed by atoms with van der Waals surface area (Å²) in [5.41, 5.74) is 7.47. The fourth-order valence-electron chi connectivity index (χ4n) is 1.65. The average Bonchev–Trinajstić information content (AvgIpc) is 2.38. The molecule has 0 aliphatic heterocycles. The highest BCUT2D eigenvalue weighted by Crippen LogP contribution is 2.25. The Bertz CT molecular complexity index is 514. The average molecular weight is 246 g/mol. The molecular weight excluding hydrogens is 231 g/mol. The van der Waals surface area contributed by atoms with Crippen molar-refractivity contribution in [3.05, 3.63) is 59.7 Å². The minimum Gasteiger partial charge on any atom is -0.489 e. The van der Waals surface area contributed by atoms with Crippen LogP contribution >= 0.6 is 0 Å². The summed E-state index contributed by atoms with van der Waals surface area (Å²) in [4.78, 5) is 3.93. The molecule has 0 saturated heterocycles. The topological polar surface area (TPSA) is 48.1 Å². The molecule has 0 amide bonds. The van der Waals surface area contributed by atoms with Crippen molar-refractivity contribution >= 4 is 0 Å². The number of aromatic nitrogens is 1. The zero-order valence-electron chi connectivity index (χ0n) is 10.1. The van der Waals surface area contributed by atoms with Crippen molar-refractivity contribution in [1.82, 2.24) is 4.98 Å². The lowest BCUT2D eigenvalue weighted by Gasteiger charge is -2.14. The Balaban J connectivity index is 2.14. The SMILES string of the molecule is C[C@@H](N)c1cc(F)ccc1OCc1ccncc1. The summed E-state index contributed by atoms with van der Waals surface area (Å²) in [7, 11) is 0. The molecule has 0 aliphatic rings. The van der Waals surface area contributed by atoms with Crippen LogP contribution in [0.25, 0.3) is 0 Å². The van der Waals surface area contributed by atoms with Gasteiger partial charge >= 0.3 is 0 Å². The summed E-state index contributed by atoms with van der Waals surface area (Å²) in [6.45, 7) is 2.21. The predicted molar refractivity (Wildman–Crippen MR) is 67.6 cm³/mol. The predicted octanol–water partition coefficient (Wildman–Crippen LogP) is 2.82. The fourth-order valence-corrected chi connectivity index (χ4v) is 1.65. The van der Waals surface area contributed by atoms with Gasteiger partial charge in [-0.2, -0.15) is 0 Å². The van der Waals surface area contributed by atoms with Crippen LogP contribution in [0.3, 0.4) is 0 Å². The lowest BCUT2D eigenvalue weighted by molar-refractivity contribution is 0.300. The van der Waals surface area contributed by atoms with Crippen molar-refractivity contribution in [2.75, 3.05) is 0 Å². The minimum absolute atomic E-state index is 0.270. The minimum atomic E-state index is -0.307. The van der Waals surface area contributed by atoms with Gasteiger partial charge < -0.3 is 10.5 Å². The zero-order chi connectivity index (χ0) is 13.0. The molecule has 0 unspecified atom stereocenters. The monoisotopic (exact) mass is 246 g/mol. The van der Waals surface area contributed by atoms with Crippen molar-refractivity contribution in [1.29, 1.82) is 0 Å². The molecule has 3 nitrogen and oxygen atoms in total. The third-order valence-electron chi connectivity index (χ3n) is 2.61. The van der Waals surface area contributed by atoms with Gasteiger partial charge in [-0.1, -0.05) is 0 Å². The van der Waals surface area contributed by atoms with Crippen LogP contribution in [0.1, 0.15) is 24.1 Å². The molecule has 0 radical (unpaired) electrons. The summed E-state index contributed by atoms with van der Waals surface area (Å²) in [5.74, 6) is 0.307. The van der Waals surface area contributed by atoms with Crippen molar-refractivity contribution < 1.29 is 9.13 Å². The van der Waals surface area contributed by atoms with Gasteiger partial charge in [0.1, 0.15) is 18.2 Å². The molecule has 1 aromatic heterocycles. The van der Waals surface area contributed by atoms with Crippen molar-refractivity contribution in [3.8, 4) is 5.75 Å². The van der Waals surface area contributed by atoms with Gasteiger partial charge in [-0.05, 0) is 42.8 Å². The Morgan fingerprint density at radius 3 is 2.67 bits per heavy atom. The molecule has 18 heavy (non-hydrogen) atoms. The van der Waals surface area contributed by atoms with E-state index in [1.165, 1.54) is 12.1 Å². The molecule has 0 spiro atoms. The van der Waals surface area contributed by atoms with E-state index in [0.717, 1.165) is 5.56 Å². The third kappa shape index (κ3) is 3.05. The number of rotatable bonds is 4. The molecule has 1 heterocycles. The normalized spacial score (nSPS) is 12.2. The second-order valence-electron chi connectivity index (χ2n) is 4.11. The first-order chi connectivity index (χ1) is 8.66. The van der Waals surface area contributed by atoms with Gasteiger partial charge in [0, 0.05) is 24.0 Å². The standard InChI is InChI=1S/C14H15FN2O/c1-10(16)13-8-12(15)2-3-14(13)18-9-11-4-6-17-7-5-11/h2-8,10H,9,16H2,1H3/t10-/m1/s1. The lowest BCUT2D eigenvalue weighted by Crippen LogP contribution is -2.08. The molecule has 0 fully saturated rings. The van der Waals surface area contributed by atoms with E-state index in [0.29, 0.717) is 17.9 Å².